The largest absolute Gasteiger partial charge is 0.403 e. The molecule has 0 aliphatic heterocycles. The number of nitrogens with zero attached hydrogens (tertiary/aromatic N) is 5. The van der Waals surface area contributed by atoms with Crippen molar-refractivity contribution in [2.45, 2.75) is 33.6 Å². The predicted molar refractivity (Wildman–Crippen MR) is 131 cm³/mol. The fraction of sp³-hybridized carbons (Fsp3) is 0.240. The molecule has 2 heterocycles. The van der Waals surface area contributed by atoms with Gasteiger partial charge in [0.05, 0.1) is 23.6 Å². The van der Waals surface area contributed by atoms with Crippen LogP contribution in [0.15, 0.2) is 71.9 Å². The molecule has 8 heteroatoms. The Morgan fingerprint density at radius 2 is 2.06 bits per heavy atom. The van der Waals surface area contributed by atoms with Gasteiger partial charge >= 0.3 is 0 Å². The summed E-state index contributed by atoms with van der Waals surface area (Å²) in [5.41, 5.74) is 10.8. The van der Waals surface area contributed by atoms with E-state index in [2.05, 4.69) is 32.0 Å². The van der Waals surface area contributed by atoms with Gasteiger partial charge < -0.3 is 11.1 Å². The number of aliphatic imine (C=N–C) groups is 1. The van der Waals surface area contributed by atoms with Gasteiger partial charge in [-0.15, -0.1) is 0 Å². The summed E-state index contributed by atoms with van der Waals surface area (Å²) < 4.78 is 1.75. The van der Waals surface area contributed by atoms with Crippen molar-refractivity contribution in [3.8, 4) is 16.9 Å². The molecule has 3 rings (SSSR count). The first-order valence-corrected chi connectivity index (χ1v) is 10.7. The molecular weight excluding hydrogens is 414 g/mol. The van der Waals surface area contributed by atoms with Crippen LogP contribution in [0.5, 0.6) is 0 Å². The summed E-state index contributed by atoms with van der Waals surface area (Å²) in [6, 6.07) is 9.48. The lowest BCUT2D eigenvalue weighted by atomic mass is 10.0. The molecule has 0 bridgehead atoms. The first kappa shape index (κ1) is 23.6. The lowest BCUT2D eigenvalue weighted by Gasteiger charge is -2.13. The highest BCUT2D eigenvalue weighted by Crippen LogP contribution is 2.25. The second-order valence-corrected chi connectivity index (χ2v) is 8.12. The number of aryl methyl sites for hydroxylation is 1. The molecule has 0 fully saturated rings. The van der Waals surface area contributed by atoms with Gasteiger partial charge in [0.25, 0.3) is 5.91 Å². The number of carbonyl (C=O) groups excluding carboxylic acids is 1. The van der Waals surface area contributed by atoms with Crippen LogP contribution < -0.4 is 11.1 Å². The summed E-state index contributed by atoms with van der Waals surface area (Å²) in [5, 5.41) is 7.26. The first-order chi connectivity index (χ1) is 15.8. The molecule has 170 valence electrons. The smallest absolute Gasteiger partial charge is 0.251 e. The Morgan fingerprint density at radius 3 is 2.70 bits per heavy atom. The molecule has 1 amide bonds. The van der Waals surface area contributed by atoms with E-state index < -0.39 is 0 Å². The summed E-state index contributed by atoms with van der Waals surface area (Å²) in [6.07, 6.45) is 6.28. The van der Waals surface area contributed by atoms with E-state index in [1.807, 2.05) is 52.0 Å². The molecule has 33 heavy (non-hydrogen) atoms. The molecule has 0 atom stereocenters. The van der Waals surface area contributed by atoms with Gasteiger partial charge in [-0.3, -0.25) is 14.8 Å². The van der Waals surface area contributed by atoms with Gasteiger partial charge in [0.2, 0.25) is 0 Å². The summed E-state index contributed by atoms with van der Waals surface area (Å²) in [7, 11) is 0. The van der Waals surface area contributed by atoms with Crippen molar-refractivity contribution >= 4 is 12.1 Å². The van der Waals surface area contributed by atoms with Crippen molar-refractivity contribution in [1.29, 1.82) is 0 Å². The predicted octanol–water partition coefficient (Wildman–Crippen LogP) is 3.94. The number of amides is 1. The molecule has 2 aromatic heterocycles. The van der Waals surface area contributed by atoms with E-state index in [0.717, 1.165) is 33.9 Å². The zero-order chi connectivity index (χ0) is 24.0. The van der Waals surface area contributed by atoms with Crippen molar-refractivity contribution < 1.29 is 4.79 Å². The minimum absolute atomic E-state index is 0.161. The van der Waals surface area contributed by atoms with Gasteiger partial charge in [0, 0.05) is 35.7 Å². The fourth-order valence-corrected chi connectivity index (χ4v) is 3.11. The van der Waals surface area contributed by atoms with Crippen molar-refractivity contribution in [2.24, 2.45) is 10.7 Å². The molecule has 3 aromatic rings. The standard InChI is InChI=1S/C25H29N7O/c1-16(2)12-27-21(11-26)14-29-25(33)20-8-19(23-7-6-18(5)13-28-23)9-22(10-20)32-24(17(3)4)30-15-31-32/h6-13,15,17H,1,14,26H2,2-5H3,(H,29,33)/b21-11-,27-12-. The number of nitrogens with two attached hydrogens (primary N) is 1. The van der Waals surface area contributed by atoms with Crippen molar-refractivity contribution in [2.75, 3.05) is 6.54 Å². The monoisotopic (exact) mass is 443 g/mol. The zero-order valence-corrected chi connectivity index (χ0v) is 19.4. The first-order valence-electron chi connectivity index (χ1n) is 10.7. The van der Waals surface area contributed by atoms with Crippen molar-refractivity contribution in [3.63, 3.8) is 0 Å². The molecule has 1 aromatic carbocycles. The minimum Gasteiger partial charge on any atom is -0.403 e. The van der Waals surface area contributed by atoms with E-state index in [9.17, 15) is 4.79 Å². The summed E-state index contributed by atoms with van der Waals surface area (Å²) >= 11 is 0. The fourth-order valence-electron chi connectivity index (χ4n) is 3.11. The average Bonchev–Trinajstić information content (AvgIpc) is 3.29. The number of aromatic nitrogens is 4. The normalized spacial score (nSPS) is 11.8. The maximum Gasteiger partial charge on any atom is 0.251 e. The number of allylic oxidation sites excluding steroid dienone is 1. The topological polar surface area (TPSA) is 111 Å². The molecule has 0 unspecified atom stereocenters. The Hall–Kier alpha value is -4.07. The van der Waals surface area contributed by atoms with Crippen LogP contribution in [-0.2, 0) is 0 Å². The molecule has 0 saturated carbocycles. The molecule has 0 saturated heterocycles. The third-order valence-electron chi connectivity index (χ3n) is 4.80. The molecule has 0 aliphatic rings. The average molecular weight is 444 g/mol. The molecule has 0 aliphatic carbocycles. The van der Waals surface area contributed by atoms with Gasteiger partial charge in [-0.2, -0.15) is 5.10 Å². The van der Waals surface area contributed by atoms with E-state index in [0.29, 0.717) is 11.3 Å². The lowest BCUT2D eigenvalue weighted by molar-refractivity contribution is 0.0957. The Morgan fingerprint density at radius 1 is 1.27 bits per heavy atom. The second-order valence-electron chi connectivity index (χ2n) is 8.12. The molecule has 8 nitrogen and oxygen atoms in total. The summed E-state index contributed by atoms with van der Waals surface area (Å²) in [5.74, 6) is 0.702. The van der Waals surface area contributed by atoms with Crippen LogP contribution in [0.1, 0.15) is 48.4 Å². The van der Waals surface area contributed by atoms with Crippen LogP contribution in [-0.4, -0.2) is 38.4 Å². The number of carbonyl (C=O) groups is 1. The zero-order valence-electron chi connectivity index (χ0n) is 19.4. The van der Waals surface area contributed by atoms with Crippen LogP contribution in [0.4, 0.5) is 0 Å². The highest BCUT2D eigenvalue weighted by molar-refractivity contribution is 5.96. The molecule has 3 N–H and O–H groups in total. The molecule has 0 radical (unpaired) electrons. The highest BCUT2D eigenvalue weighted by Gasteiger charge is 2.16. The van der Waals surface area contributed by atoms with Gasteiger partial charge in [0.1, 0.15) is 12.2 Å². The van der Waals surface area contributed by atoms with Crippen LogP contribution in [0.2, 0.25) is 0 Å². The molecule has 0 spiro atoms. The Balaban J connectivity index is 1.98. The number of pyridine rings is 1. The van der Waals surface area contributed by atoms with Crippen LogP contribution in [0.25, 0.3) is 16.9 Å². The van der Waals surface area contributed by atoms with Crippen molar-refractivity contribution in [3.05, 3.63) is 83.9 Å². The van der Waals surface area contributed by atoms with E-state index in [1.54, 1.807) is 23.2 Å². The number of rotatable bonds is 8. The van der Waals surface area contributed by atoms with Gasteiger partial charge in [-0.25, -0.2) is 9.67 Å². The minimum atomic E-state index is -0.263. The Labute approximate surface area is 194 Å². The van der Waals surface area contributed by atoms with Gasteiger partial charge in [-0.1, -0.05) is 26.5 Å². The number of benzene rings is 1. The van der Waals surface area contributed by atoms with Crippen molar-refractivity contribution in [1.82, 2.24) is 25.1 Å². The van der Waals surface area contributed by atoms with Crippen LogP contribution in [0.3, 0.4) is 0 Å². The summed E-state index contributed by atoms with van der Waals surface area (Å²) in [4.78, 5) is 26.2. The third-order valence-corrected chi connectivity index (χ3v) is 4.80. The van der Waals surface area contributed by atoms with Crippen LogP contribution in [0, 0.1) is 6.92 Å². The van der Waals surface area contributed by atoms with Gasteiger partial charge in [0.15, 0.2) is 0 Å². The van der Waals surface area contributed by atoms with E-state index >= 15 is 0 Å². The quantitative estimate of drug-likeness (QED) is 0.512. The second kappa shape index (κ2) is 10.5. The molecular formula is C25H29N7O. The van der Waals surface area contributed by atoms with E-state index in [4.69, 9.17) is 5.73 Å². The van der Waals surface area contributed by atoms with E-state index in [1.165, 1.54) is 12.5 Å². The highest BCUT2D eigenvalue weighted by atomic mass is 16.1. The number of nitrogens with one attached hydrogen (secondary N) is 1. The maximum atomic E-state index is 13.1. The SMILES string of the molecule is C=C(C)/C=N\C(=C/N)CNC(=O)c1cc(-c2ccc(C)cn2)cc(-n2ncnc2C(C)C)c1. The Kier molecular flexibility index (Phi) is 7.50. The maximum absolute atomic E-state index is 13.1. The van der Waals surface area contributed by atoms with Crippen LogP contribution >= 0.6 is 0 Å². The third kappa shape index (κ3) is 6.00. The Bertz CT molecular complexity index is 1200. The summed E-state index contributed by atoms with van der Waals surface area (Å²) in [6.45, 7) is 11.9. The van der Waals surface area contributed by atoms with E-state index in [-0.39, 0.29) is 18.4 Å². The lowest BCUT2D eigenvalue weighted by Crippen LogP contribution is -2.26. The number of hydrogen-bond donors (Lipinski definition) is 2. The number of hydrogen-bond acceptors (Lipinski definition) is 6. The van der Waals surface area contributed by atoms with Gasteiger partial charge in [-0.05, 0) is 49.2 Å².